The lowest BCUT2D eigenvalue weighted by Crippen LogP contribution is -2.35. The number of nitrogens with two attached hydrogens (primary N) is 1. The van der Waals surface area contributed by atoms with Crippen LogP contribution in [0.3, 0.4) is 0 Å². The van der Waals surface area contributed by atoms with E-state index in [4.69, 9.17) is 5.73 Å². The smallest absolute Gasteiger partial charge is 0.293 e. The van der Waals surface area contributed by atoms with Gasteiger partial charge in [0.05, 0.1) is 4.92 Å². The summed E-state index contributed by atoms with van der Waals surface area (Å²) in [6, 6.07) is 4.55. The van der Waals surface area contributed by atoms with Crippen molar-refractivity contribution in [3.05, 3.63) is 33.9 Å². The average molecular weight is 291 g/mol. The summed E-state index contributed by atoms with van der Waals surface area (Å²) in [6.45, 7) is 4.38. The minimum atomic E-state index is -0.663. The molecule has 1 saturated carbocycles. The number of hydrogen-bond acceptors (Lipinski definition) is 4. The summed E-state index contributed by atoms with van der Waals surface area (Å²) >= 11 is 0. The molecule has 0 heterocycles. The Labute approximate surface area is 123 Å². The Morgan fingerprint density at radius 1 is 1.38 bits per heavy atom. The maximum absolute atomic E-state index is 11.2. The van der Waals surface area contributed by atoms with Crippen LogP contribution in [0.15, 0.2) is 18.2 Å². The quantitative estimate of drug-likeness (QED) is 0.658. The molecule has 0 saturated heterocycles. The third kappa shape index (κ3) is 3.32. The molecule has 0 radical (unpaired) electrons. The standard InChI is InChI=1S/C15H21N3O3/c1-9-4-3-5-12(10(9)2)17-13-7-6-11(15(16)19)8-14(13)18(20)21/h6-10,12,17H,3-5H2,1-2H3,(H2,16,19)/t9-,10-,12-/m1/s1. The Bertz CT molecular complexity index is 559. The molecule has 2 rings (SSSR count). The van der Waals surface area contributed by atoms with Crippen LogP contribution in [0.25, 0.3) is 0 Å². The predicted octanol–water partition coefficient (Wildman–Crippen LogP) is 2.93. The van der Waals surface area contributed by atoms with E-state index in [-0.39, 0.29) is 17.3 Å². The van der Waals surface area contributed by atoms with E-state index >= 15 is 0 Å². The number of amides is 1. The Morgan fingerprint density at radius 2 is 2.10 bits per heavy atom. The van der Waals surface area contributed by atoms with Gasteiger partial charge in [0.25, 0.3) is 5.69 Å². The molecular formula is C15H21N3O3. The van der Waals surface area contributed by atoms with Crippen LogP contribution in [0.2, 0.25) is 0 Å². The van der Waals surface area contributed by atoms with E-state index in [0.717, 1.165) is 12.8 Å². The minimum Gasteiger partial charge on any atom is -0.376 e. The van der Waals surface area contributed by atoms with E-state index in [1.807, 2.05) is 0 Å². The van der Waals surface area contributed by atoms with E-state index in [1.54, 1.807) is 6.07 Å². The highest BCUT2D eigenvalue weighted by atomic mass is 16.6. The summed E-state index contributed by atoms with van der Waals surface area (Å²) in [4.78, 5) is 21.9. The van der Waals surface area contributed by atoms with Gasteiger partial charge in [-0.15, -0.1) is 0 Å². The van der Waals surface area contributed by atoms with Crippen molar-refractivity contribution in [2.24, 2.45) is 17.6 Å². The van der Waals surface area contributed by atoms with Gasteiger partial charge >= 0.3 is 0 Å². The van der Waals surface area contributed by atoms with Crippen LogP contribution >= 0.6 is 0 Å². The Morgan fingerprint density at radius 3 is 2.71 bits per heavy atom. The Kier molecular flexibility index (Phi) is 4.45. The number of nitro benzene ring substituents is 1. The summed E-state index contributed by atoms with van der Waals surface area (Å²) in [6.07, 6.45) is 3.32. The maximum atomic E-state index is 11.2. The lowest BCUT2D eigenvalue weighted by molar-refractivity contribution is -0.384. The molecule has 114 valence electrons. The monoisotopic (exact) mass is 291 g/mol. The summed E-state index contributed by atoms with van der Waals surface area (Å²) < 4.78 is 0. The van der Waals surface area contributed by atoms with Crippen molar-refractivity contribution in [3.8, 4) is 0 Å². The van der Waals surface area contributed by atoms with Crippen molar-refractivity contribution in [1.82, 2.24) is 0 Å². The van der Waals surface area contributed by atoms with Crippen LogP contribution in [-0.2, 0) is 0 Å². The van der Waals surface area contributed by atoms with Crippen molar-refractivity contribution in [3.63, 3.8) is 0 Å². The molecule has 6 heteroatoms. The van der Waals surface area contributed by atoms with Gasteiger partial charge in [0.2, 0.25) is 5.91 Å². The lowest BCUT2D eigenvalue weighted by atomic mass is 9.78. The normalized spacial score (nSPS) is 25.3. The SMILES string of the molecule is C[C@@H]1[C@H](C)CCC[C@H]1Nc1ccc(C(N)=O)cc1[N+](=O)[O-]. The first-order valence-electron chi connectivity index (χ1n) is 7.25. The third-order valence-electron chi connectivity index (χ3n) is 4.53. The fourth-order valence-corrected chi connectivity index (χ4v) is 2.94. The number of nitrogens with zero attached hydrogens (tertiary/aromatic N) is 1. The van der Waals surface area contributed by atoms with Gasteiger partial charge in [0.15, 0.2) is 0 Å². The summed E-state index contributed by atoms with van der Waals surface area (Å²) in [5.41, 5.74) is 5.68. The Hall–Kier alpha value is -2.11. The highest BCUT2D eigenvalue weighted by Gasteiger charge is 2.28. The summed E-state index contributed by atoms with van der Waals surface area (Å²) in [5.74, 6) is 0.388. The highest BCUT2D eigenvalue weighted by molar-refractivity contribution is 5.94. The van der Waals surface area contributed by atoms with Gasteiger partial charge in [0, 0.05) is 17.7 Å². The van der Waals surface area contributed by atoms with Crippen LogP contribution in [0.4, 0.5) is 11.4 Å². The van der Waals surface area contributed by atoms with Gasteiger partial charge in [-0.05, 0) is 30.4 Å². The fourth-order valence-electron chi connectivity index (χ4n) is 2.94. The molecule has 3 atom stereocenters. The topological polar surface area (TPSA) is 98.3 Å². The summed E-state index contributed by atoms with van der Waals surface area (Å²) in [5, 5.41) is 14.5. The first-order chi connectivity index (χ1) is 9.90. The van der Waals surface area contributed by atoms with Crippen LogP contribution < -0.4 is 11.1 Å². The number of anilines is 1. The number of hydrogen-bond donors (Lipinski definition) is 2. The van der Waals surface area contributed by atoms with E-state index in [9.17, 15) is 14.9 Å². The summed E-state index contributed by atoms with van der Waals surface area (Å²) in [7, 11) is 0. The van der Waals surface area contributed by atoms with E-state index in [1.165, 1.54) is 18.6 Å². The van der Waals surface area contributed by atoms with Crippen molar-refractivity contribution in [1.29, 1.82) is 0 Å². The zero-order chi connectivity index (χ0) is 15.6. The van der Waals surface area contributed by atoms with Crippen molar-refractivity contribution in [2.75, 3.05) is 5.32 Å². The van der Waals surface area contributed by atoms with Crippen LogP contribution in [-0.4, -0.2) is 16.9 Å². The van der Waals surface area contributed by atoms with E-state index < -0.39 is 10.8 Å². The molecule has 0 aromatic heterocycles. The molecule has 6 nitrogen and oxygen atoms in total. The average Bonchev–Trinajstić information content (AvgIpc) is 2.43. The number of carbonyl (C=O) groups is 1. The Balaban J connectivity index is 2.27. The molecule has 0 aliphatic heterocycles. The fraction of sp³-hybridized carbons (Fsp3) is 0.533. The first kappa shape index (κ1) is 15.3. The predicted molar refractivity (Wildman–Crippen MR) is 81.2 cm³/mol. The van der Waals surface area contributed by atoms with Gasteiger partial charge < -0.3 is 11.1 Å². The molecule has 0 spiro atoms. The molecule has 0 unspecified atom stereocenters. The molecular weight excluding hydrogens is 270 g/mol. The zero-order valence-corrected chi connectivity index (χ0v) is 12.3. The van der Waals surface area contributed by atoms with Gasteiger partial charge in [-0.3, -0.25) is 14.9 Å². The molecule has 1 aromatic carbocycles. The molecule has 0 bridgehead atoms. The van der Waals surface area contributed by atoms with Gasteiger partial charge in [-0.25, -0.2) is 0 Å². The number of nitro groups is 1. The maximum Gasteiger partial charge on any atom is 0.293 e. The number of nitrogens with one attached hydrogen (secondary N) is 1. The molecule has 3 N–H and O–H groups in total. The molecule has 1 fully saturated rings. The van der Waals surface area contributed by atoms with E-state index in [2.05, 4.69) is 19.2 Å². The van der Waals surface area contributed by atoms with E-state index in [0.29, 0.717) is 17.5 Å². The van der Waals surface area contributed by atoms with Gasteiger partial charge in [-0.1, -0.05) is 26.7 Å². The largest absolute Gasteiger partial charge is 0.376 e. The second kappa shape index (κ2) is 6.11. The number of carbonyl (C=O) groups excluding carboxylic acids is 1. The first-order valence-corrected chi connectivity index (χ1v) is 7.25. The zero-order valence-electron chi connectivity index (χ0n) is 12.3. The second-order valence-corrected chi connectivity index (χ2v) is 5.87. The number of rotatable bonds is 4. The third-order valence-corrected chi connectivity index (χ3v) is 4.53. The molecule has 1 aliphatic rings. The second-order valence-electron chi connectivity index (χ2n) is 5.87. The molecule has 1 aliphatic carbocycles. The lowest BCUT2D eigenvalue weighted by Gasteiger charge is -2.35. The van der Waals surface area contributed by atoms with Crippen molar-refractivity contribution >= 4 is 17.3 Å². The van der Waals surface area contributed by atoms with Crippen molar-refractivity contribution in [2.45, 2.75) is 39.2 Å². The van der Waals surface area contributed by atoms with Crippen LogP contribution in [0.5, 0.6) is 0 Å². The van der Waals surface area contributed by atoms with Gasteiger partial charge in [0.1, 0.15) is 5.69 Å². The van der Waals surface area contributed by atoms with Crippen LogP contribution in [0, 0.1) is 22.0 Å². The number of benzene rings is 1. The van der Waals surface area contributed by atoms with Crippen LogP contribution in [0.1, 0.15) is 43.5 Å². The molecule has 1 aromatic rings. The van der Waals surface area contributed by atoms with Gasteiger partial charge in [-0.2, -0.15) is 0 Å². The molecule has 21 heavy (non-hydrogen) atoms. The molecule has 1 amide bonds. The minimum absolute atomic E-state index is 0.100. The number of primary amides is 1. The highest BCUT2D eigenvalue weighted by Crippen LogP contribution is 2.34. The van der Waals surface area contributed by atoms with Crippen molar-refractivity contribution < 1.29 is 9.72 Å².